The van der Waals surface area contributed by atoms with Gasteiger partial charge in [0.25, 0.3) is 0 Å². The van der Waals surface area contributed by atoms with E-state index in [0.29, 0.717) is 4.90 Å². The molecular weight excluding hydrogens is 234 g/mol. The second kappa shape index (κ2) is 5.85. The van der Waals surface area contributed by atoms with Gasteiger partial charge >= 0.3 is 0 Å². The first-order chi connectivity index (χ1) is 7.99. The van der Waals surface area contributed by atoms with Gasteiger partial charge in [-0.25, -0.2) is 8.42 Å². The molecule has 0 amide bonds. The lowest BCUT2D eigenvalue weighted by molar-refractivity contribution is 0.601. The van der Waals surface area contributed by atoms with Crippen LogP contribution >= 0.6 is 0 Å². The van der Waals surface area contributed by atoms with Crippen LogP contribution in [0.5, 0.6) is 0 Å². The van der Waals surface area contributed by atoms with E-state index in [9.17, 15) is 8.42 Å². The number of terminal acetylenes is 1. The van der Waals surface area contributed by atoms with Crippen LogP contribution in [0.25, 0.3) is 0 Å². The van der Waals surface area contributed by atoms with Gasteiger partial charge in [0.05, 0.1) is 10.9 Å². The zero-order valence-electron chi connectivity index (χ0n) is 10.1. The molecule has 0 aliphatic carbocycles. The summed E-state index contributed by atoms with van der Waals surface area (Å²) in [5.74, 6) is 2.65. The quantitative estimate of drug-likeness (QED) is 0.811. The third-order valence-corrected chi connectivity index (χ3v) is 3.54. The number of nitrogens with one attached hydrogen (secondary N) is 1. The van der Waals surface area contributed by atoms with Crippen molar-refractivity contribution in [1.29, 1.82) is 0 Å². The maximum atomic E-state index is 11.3. The maximum absolute atomic E-state index is 11.3. The van der Waals surface area contributed by atoms with Crippen molar-refractivity contribution in [3.8, 4) is 12.3 Å². The Hall–Kier alpha value is -1.31. The van der Waals surface area contributed by atoms with Gasteiger partial charge in [0.15, 0.2) is 9.84 Å². The monoisotopic (exact) mass is 251 g/mol. The van der Waals surface area contributed by atoms with Gasteiger partial charge in [-0.2, -0.15) is 0 Å². The largest absolute Gasteiger partial charge is 0.300 e. The normalized spacial score (nSPS) is 13.0. The Bertz CT molecular complexity index is 497. The van der Waals surface area contributed by atoms with Gasteiger partial charge < -0.3 is 5.32 Å². The molecule has 0 bridgehead atoms. The Labute approximate surface area is 103 Å². The van der Waals surface area contributed by atoms with Crippen LogP contribution < -0.4 is 5.32 Å². The van der Waals surface area contributed by atoms with Gasteiger partial charge in [0.2, 0.25) is 0 Å². The lowest BCUT2D eigenvalue weighted by Gasteiger charge is -2.12. The first-order valence-electron chi connectivity index (χ1n) is 5.48. The van der Waals surface area contributed by atoms with E-state index >= 15 is 0 Å². The summed E-state index contributed by atoms with van der Waals surface area (Å²) in [7, 11) is -3.14. The second-order valence-corrected chi connectivity index (χ2v) is 5.91. The zero-order valence-corrected chi connectivity index (χ0v) is 10.9. The van der Waals surface area contributed by atoms with E-state index in [1.165, 1.54) is 6.26 Å². The minimum absolute atomic E-state index is 0.163. The predicted octanol–water partition coefficient (Wildman–Crippen LogP) is 1.76. The number of sulfone groups is 1. The molecule has 0 spiro atoms. The standard InChI is InChI=1S/C13H17NO2S/c1-4-10-14-13(5-2)11-6-8-12(9-7-11)17(3,15)16/h2,6-9,13-14H,4,10H2,1,3H3. The molecule has 4 heteroatoms. The minimum Gasteiger partial charge on any atom is -0.300 e. The van der Waals surface area contributed by atoms with Gasteiger partial charge in [0.1, 0.15) is 0 Å². The van der Waals surface area contributed by atoms with Crippen LogP contribution in [0.2, 0.25) is 0 Å². The third kappa shape index (κ3) is 3.88. The summed E-state index contributed by atoms with van der Waals surface area (Å²) in [4.78, 5) is 0.313. The van der Waals surface area contributed by atoms with Crippen molar-refractivity contribution < 1.29 is 8.42 Å². The summed E-state index contributed by atoms with van der Waals surface area (Å²) >= 11 is 0. The fourth-order valence-corrected chi connectivity index (χ4v) is 2.10. The van der Waals surface area contributed by atoms with Crippen molar-refractivity contribution in [1.82, 2.24) is 5.32 Å². The zero-order chi connectivity index (χ0) is 12.9. The van der Waals surface area contributed by atoms with Gasteiger partial charge in [-0.05, 0) is 30.7 Å². The van der Waals surface area contributed by atoms with E-state index in [2.05, 4.69) is 18.2 Å². The predicted molar refractivity (Wildman–Crippen MR) is 69.4 cm³/mol. The average molecular weight is 251 g/mol. The van der Waals surface area contributed by atoms with E-state index in [1.807, 2.05) is 0 Å². The topological polar surface area (TPSA) is 46.2 Å². The van der Waals surface area contributed by atoms with Crippen molar-refractivity contribution in [2.75, 3.05) is 12.8 Å². The van der Waals surface area contributed by atoms with Crippen molar-refractivity contribution in [3.63, 3.8) is 0 Å². The van der Waals surface area contributed by atoms with E-state index in [1.54, 1.807) is 24.3 Å². The number of hydrogen-bond acceptors (Lipinski definition) is 3. The molecule has 0 aliphatic heterocycles. The molecule has 0 fully saturated rings. The maximum Gasteiger partial charge on any atom is 0.175 e. The molecule has 1 atom stereocenters. The minimum atomic E-state index is -3.14. The number of hydrogen-bond donors (Lipinski definition) is 1. The third-order valence-electron chi connectivity index (χ3n) is 2.41. The van der Waals surface area contributed by atoms with Gasteiger partial charge in [-0.3, -0.25) is 0 Å². The summed E-state index contributed by atoms with van der Waals surface area (Å²) in [5, 5.41) is 3.21. The van der Waals surface area contributed by atoms with Gasteiger partial charge in [-0.15, -0.1) is 6.42 Å². The SMILES string of the molecule is C#CC(NCCC)c1ccc(S(C)(=O)=O)cc1. The lowest BCUT2D eigenvalue weighted by atomic mass is 10.1. The average Bonchev–Trinajstić information content (AvgIpc) is 2.29. The summed E-state index contributed by atoms with van der Waals surface area (Å²) in [5.41, 5.74) is 0.911. The molecule has 0 aliphatic rings. The van der Waals surface area contributed by atoms with E-state index < -0.39 is 9.84 Å². The molecule has 92 valence electrons. The Morgan fingerprint density at radius 2 is 1.94 bits per heavy atom. The highest BCUT2D eigenvalue weighted by Crippen LogP contribution is 2.16. The first-order valence-corrected chi connectivity index (χ1v) is 7.37. The van der Waals surface area contributed by atoms with Crippen LogP contribution in [0.1, 0.15) is 24.9 Å². The summed E-state index contributed by atoms with van der Waals surface area (Å²) in [6, 6.07) is 6.52. The molecule has 1 rings (SSSR count). The lowest BCUT2D eigenvalue weighted by Crippen LogP contribution is -2.20. The fraction of sp³-hybridized carbons (Fsp3) is 0.385. The molecule has 3 nitrogen and oxygen atoms in total. The Kier molecular flexibility index (Phi) is 4.73. The molecule has 1 aromatic carbocycles. The molecule has 1 unspecified atom stereocenters. The molecule has 0 aromatic heterocycles. The van der Waals surface area contributed by atoms with Crippen LogP contribution in [0.4, 0.5) is 0 Å². The number of benzene rings is 1. The van der Waals surface area contributed by atoms with Crippen molar-refractivity contribution in [2.24, 2.45) is 0 Å². The fourth-order valence-electron chi connectivity index (χ4n) is 1.47. The number of rotatable bonds is 5. The summed E-state index contributed by atoms with van der Waals surface area (Å²) in [6.07, 6.45) is 7.63. The highest BCUT2D eigenvalue weighted by Gasteiger charge is 2.10. The van der Waals surface area contributed by atoms with E-state index in [-0.39, 0.29) is 6.04 Å². The smallest absolute Gasteiger partial charge is 0.175 e. The molecule has 1 N–H and O–H groups in total. The van der Waals surface area contributed by atoms with Crippen molar-refractivity contribution >= 4 is 9.84 Å². The Morgan fingerprint density at radius 1 is 1.35 bits per heavy atom. The Morgan fingerprint density at radius 3 is 2.35 bits per heavy atom. The molecule has 0 heterocycles. The van der Waals surface area contributed by atoms with Gasteiger partial charge in [0, 0.05) is 6.26 Å². The first kappa shape index (κ1) is 13.8. The highest BCUT2D eigenvalue weighted by atomic mass is 32.2. The van der Waals surface area contributed by atoms with E-state index in [4.69, 9.17) is 6.42 Å². The molecule has 1 aromatic rings. The molecule has 17 heavy (non-hydrogen) atoms. The Balaban J connectivity index is 2.90. The molecule has 0 saturated carbocycles. The van der Waals surface area contributed by atoms with Crippen LogP contribution in [0.3, 0.4) is 0 Å². The van der Waals surface area contributed by atoms with Crippen LogP contribution in [-0.2, 0) is 9.84 Å². The van der Waals surface area contributed by atoms with Crippen molar-refractivity contribution in [2.45, 2.75) is 24.3 Å². The highest BCUT2D eigenvalue weighted by molar-refractivity contribution is 7.90. The molecular formula is C13H17NO2S. The van der Waals surface area contributed by atoms with Gasteiger partial charge in [-0.1, -0.05) is 25.0 Å². The van der Waals surface area contributed by atoms with E-state index in [0.717, 1.165) is 18.5 Å². The molecule has 0 saturated heterocycles. The van der Waals surface area contributed by atoms with Crippen LogP contribution in [-0.4, -0.2) is 21.2 Å². The van der Waals surface area contributed by atoms with Crippen LogP contribution in [0, 0.1) is 12.3 Å². The summed E-state index contributed by atoms with van der Waals surface area (Å²) in [6.45, 7) is 2.90. The van der Waals surface area contributed by atoms with Crippen molar-refractivity contribution in [3.05, 3.63) is 29.8 Å². The van der Waals surface area contributed by atoms with Crippen LogP contribution in [0.15, 0.2) is 29.2 Å². The molecule has 0 radical (unpaired) electrons. The summed E-state index contributed by atoms with van der Waals surface area (Å²) < 4.78 is 22.6. The second-order valence-electron chi connectivity index (χ2n) is 3.90.